The fourth-order valence-electron chi connectivity index (χ4n) is 4.88. The zero-order valence-electron chi connectivity index (χ0n) is 25.4. The second-order valence-corrected chi connectivity index (χ2v) is 11.1. The summed E-state index contributed by atoms with van der Waals surface area (Å²) in [6, 6.07) is 12.1. The average Bonchev–Trinajstić information content (AvgIpc) is 3.02. The number of carbonyl (C=O) groups is 4. The van der Waals surface area contributed by atoms with E-state index in [1.54, 1.807) is 40.2 Å². The number of hydrogen-bond acceptors (Lipinski definition) is 8. The second kappa shape index (κ2) is 15.4. The van der Waals surface area contributed by atoms with E-state index in [2.05, 4.69) is 0 Å². The molecule has 0 aliphatic carbocycles. The van der Waals surface area contributed by atoms with Crippen molar-refractivity contribution in [2.24, 2.45) is 5.41 Å². The lowest BCUT2D eigenvalue weighted by Gasteiger charge is -2.36. The largest absolute Gasteiger partial charge is 0.493 e. The minimum atomic E-state index is -0.835. The zero-order valence-corrected chi connectivity index (χ0v) is 25.4. The van der Waals surface area contributed by atoms with Gasteiger partial charge in [-0.25, -0.2) is 4.79 Å². The highest BCUT2D eigenvalue weighted by atomic mass is 16.5. The van der Waals surface area contributed by atoms with Gasteiger partial charge in [-0.05, 0) is 73.9 Å². The standard InChI is InChI=1S/C33H43NO8/c1-6-33(2,3)30(36)31(37)34-18-8-7-13-26(34)32(38)42-27(24-11-9-12-25(22-24)41-20-10-19-35)16-14-23-15-17-28(39-4)29(21-23)40-5/h9,11-12,15,17,19,21-22,26-27H,6-8,10,13-14,16,18,20H2,1-5H3/t26-,27+/m0/s1. The van der Waals surface area contributed by atoms with Crippen LogP contribution >= 0.6 is 0 Å². The first-order chi connectivity index (χ1) is 20.1. The number of likely N-dealkylation sites (tertiary alicyclic amines) is 1. The van der Waals surface area contributed by atoms with Crippen molar-refractivity contribution in [1.82, 2.24) is 4.90 Å². The molecule has 0 N–H and O–H groups in total. The molecule has 1 aliphatic rings. The lowest BCUT2D eigenvalue weighted by Crippen LogP contribution is -2.53. The molecule has 1 saturated heterocycles. The van der Waals surface area contributed by atoms with Gasteiger partial charge in [-0.15, -0.1) is 0 Å². The number of rotatable bonds is 15. The van der Waals surface area contributed by atoms with Crippen LogP contribution in [0.3, 0.4) is 0 Å². The molecular weight excluding hydrogens is 538 g/mol. The third-order valence-corrected chi connectivity index (χ3v) is 7.86. The lowest BCUT2D eigenvalue weighted by molar-refractivity contribution is -0.164. The summed E-state index contributed by atoms with van der Waals surface area (Å²) >= 11 is 0. The Labute approximate surface area is 248 Å². The molecule has 0 aromatic heterocycles. The Morgan fingerprint density at radius 3 is 2.50 bits per heavy atom. The molecule has 2 atom stereocenters. The van der Waals surface area contributed by atoms with Gasteiger partial charge < -0.3 is 28.6 Å². The number of carbonyl (C=O) groups excluding carboxylic acids is 4. The number of esters is 1. The second-order valence-electron chi connectivity index (χ2n) is 11.1. The predicted molar refractivity (Wildman–Crippen MR) is 158 cm³/mol. The molecule has 2 aromatic rings. The van der Waals surface area contributed by atoms with Crippen LogP contribution in [0.1, 0.15) is 76.5 Å². The van der Waals surface area contributed by atoms with Crippen molar-refractivity contribution in [1.29, 1.82) is 0 Å². The summed E-state index contributed by atoms with van der Waals surface area (Å²) in [4.78, 5) is 52.1. The minimum absolute atomic E-state index is 0.240. The number of methoxy groups -OCH3 is 2. The number of benzene rings is 2. The van der Waals surface area contributed by atoms with Crippen LogP contribution in [0.25, 0.3) is 0 Å². The average molecular weight is 582 g/mol. The molecule has 9 heteroatoms. The molecule has 9 nitrogen and oxygen atoms in total. The molecule has 1 aliphatic heterocycles. The van der Waals surface area contributed by atoms with Gasteiger partial charge in [0.1, 0.15) is 24.2 Å². The molecule has 0 unspecified atom stereocenters. The van der Waals surface area contributed by atoms with Gasteiger partial charge >= 0.3 is 5.97 Å². The van der Waals surface area contributed by atoms with E-state index in [0.717, 1.165) is 30.3 Å². The molecule has 42 heavy (non-hydrogen) atoms. The Hall–Kier alpha value is -3.88. The highest BCUT2D eigenvalue weighted by Crippen LogP contribution is 2.32. The van der Waals surface area contributed by atoms with Crippen molar-refractivity contribution in [3.63, 3.8) is 0 Å². The van der Waals surface area contributed by atoms with E-state index in [4.69, 9.17) is 18.9 Å². The first kappa shape index (κ1) is 32.6. The minimum Gasteiger partial charge on any atom is -0.493 e. The first-order valence-electron chi connectivity index (χ1n) is 14.6. The van der Waals surface area contributed by atoms with Gasteiger partial charge in [-0.2, -0.15) is 0 Å². The molecule has 1 amide bonds. The van der Waals surface area contributed by atoms with Gasteiger partial charge in [0.2, 0.25) is 5.78 Å². The van der Waals surface area contributed by atoms with E-state index in [9.17, 15) is 19.2 Å². The van der Waals surface area contributed by atoms with Crippen molar-refractivity contribution in [3.05, 3.63) is 53.6 Å². The van der Waals surface area contributed by atoms with Gasteiger partial charge in [0.25, 0.3) is 5.91 Å². The summed E-state index contributed by atoms with van der Waals surface area (Å²) in [6.45, 7) is 5.94. The molecule has 0 spiro atoms. The molecule has 0 saturated carbocycles. The third-order valence-electron chi connectivity index (χ3n) is 7.86. The van der Waals surface area contributed by atoms with Gasteiger partial charge in [-0.1, -0.05) is 39.0 Å². The normalized spacial score (nSPS) is 15.8. The molecule has 0 radical (unpaired) electrons. The number of aryl methyl sites for hydroxylation is 1. The Kier molecular flexibility index (Phi) is 11.9. The number of ketones is 1. The van der Waals surface area contributed by atoms with Crippen LogP contribution in [0.4, 0.5) is 0 Å². The number of hydrogen-bond donors (Lipinski definition) is 0. The van der Waals surface area contributed by atoms with Gasteiger partial charge in [0.05, 0.1) is 20.8 Å². The van der Waals surface area contributed by atoms with Crippen molar-refractivity contribution in [2.75, 3.05) is 27.4 Å². The number of aldehydes is 1. The molecule has 2 aromatic carbocycles. The van der Waals surface area contributed by atoms with E-state index < -0.39 is 35.2 Å². The van der Waals surface area contributed by atoms with Crippen LogP contribution in [0.5, 0.6) is 17.2 Å². The maximum atomic E-state index is 13.7. The summed E-state index contributed by atoms with van der Waals surface area (Å²) in [5, 5.41) is 0. The topological polar surface area (TPSA) is 108 Å². The third kappa shape index (κ3) is 8.33. The quantitative estimate of drug-likeness (QED) is 0.121. The Morgan fingerprint density at radius 2 is 1.81 bits per heavy atom. The van der Waals surface area contributed by atoms with Crippen LogP contribution in [-0.4, -0.2) is 62.3 Å². The van der Waals surface area contributed by atoms with Crippen LogP contribution < -0.4 is 14.2 Å². The smallest absolute Gasteiger partial charge is 0.329 e. The number of amides is 1. The predicted octanol–water partition coefficient (Wildman–Crippen LogP) is 5.28. The maximum Gasteiger partial charge on any atom is 0.329 e. The van der Waals surface area contributed by atoms with Crippen LogP contribution in [0.15, 0.2) is 42.5 Å². The SMILES string of the molecule is CCC(C)(C)C(=O)C(=O)N1CCCC[C@H]1C(=O)O[C@H](CCc1ccc(OC)c(OC)c1)c1cccc(OCCC=O)c1. The van der Waals surface area contributed by atoms with E-state index in [-0.39, 0.29) is 13.0 Å². The van der Waals surface area contributed by atoms with Crippen LogP contribution in [0.2, 0.25) is 0 Å². The van der Waals surface area contributed by atoms with Gasteiger partial charge in [0.15, 0.2) is 11.5 Å². The van der Waals surface area contributed by atoms with Crippen molar-refractivity contribution >= 4 is 23.9 Å². The molecule has 3 rings (SSSR count). The monoisotopic (exact) mass is 581 g/mol. The summed E-state index contributed by atoms with van der Waals surface area (Å²) < 4.78 is 22.6. The maximum absolute atomic E-state index is 13.7. The first-order valence-corrected chi connectivity index (χ1v) is 14.6. The summed E-state index contributed by atoms with van der Waals surface area (Å²) in [5.74, 6) is 0.126. The van der Waals surface area contributed by atoms with Gasteiger partial charge in [0, 0.05) is 18.4 Å². The summed E-state index contributed by atoms with van der Waals surface area (Å²) in [6.07, 6.45) is 3.84. The molecular formula is C33H43NO8. The van der Waals surface area contributed by atoms with E-state index in [1.807, 2.05) is 37.3 Å². The fourth-order valence-corrected chi connectivity index (χ4v) is 4.88. The van der Waals surface area contributed by atoms with Crippen LogP contribution in [-0.2, 0) is 30.3 Å². The molecule has 228 valence electrons. The van der Waals surface area contributed by atoms with Crippen molar-refractivity contribution in [2.45, 2.75) is 77.9 Å². The highest BCUT2D eigenvalue weighted by Gasteiger charge is 2.41. The Morgan fingerprint density at radius 1 is 1.05 bits per heavy atom. The number of Topliss-reactive ketones (excluding diaryl/α,β-unsaturated/α-hetero) is 1. The molecule has 0 bridgehead atoms. The molecule has 1 heterocycles. The lowest BCUT2D eigenvalue weighted by atomic mass is 9.84. The van der Waals surface area contributed by atoms with E-state index in [0.29, 0.717) is 49.5 Å². The number of nitrogens with zero attached hydrogens (tertiary/aromatic N) is 1. The van der Waals surface area contributed by atoms with E-state index >= 15 is 0 Å². The number of ether oxygens (including phenoxy) is 4. The van der Waals surface area contributed by atoms with Crippen molar-refractivity contribution < 1.29 is 38.1 Å². The van der Waals surface area contributed by atoms with Gasteiger partial charge in [-0.3, -0.25) is 9.59 Å². The van der Waals surface area contributed by atoms with Crippen LogP contribution in [0, 0.1) is 5.41 Å². The zero-order chi connectivity index (χ0) is 30.7. The van der Waals surface area contributed by atoms with E-state index in [1.165, 1.54) is 4.90 Å². The molecule has 1 fully saturated rings. The highest BCUT2D eigenvalue weighted by molar-refractivity contribution is 6.38. The summed E-state index contributed by atoms with van der Waals surface area (Å²) in [5.41, 5.74) is 0.883. The number of piperidine rings is 1. The summed E-state index contributed by atoms with van der Waals surface area (Å²) in [7, 11) is 3.15. The Balaban J connectivity index is 1.86. The van der Waals surface area contributed by atoms with Crippen molar-refractivity contribution in [3.8, 4) is 17.2 Å². The fraction of sp³-hybridized carbons (Fsp3) is 0.515. The Bertz CT molecular complexity index is 1240.